The molecule has 1 aromatic rings. The maximum Gasteiger partial charge on any atom is 0.413 e. The van der Waals surface area contributed by atoms with Gasteiger partial charge in [-0.1, -0.05) is 12.1 Å². The van der Waals surface area contributed by atoms with Crippen molar-refractivity contribution in [3.8, 4) is 5.75 Å². The Kier molecular flexibility index (Phi) is 3.35. The van der Waals surface area contributed by atoms with Crippen LogP contribution in [0.25, 0.3) is 0 Å². The van der Waals surface area contributed by atoms with Gasteiger partial charge in [-0.15, -0.1) is 0 Å². The molecule has 1 rings (SSSR count). The molecule has 0 aliphatic carbocycles. The summed E-state index contributed by atoms with van der Waals surface area (Å²) in [5.41, 5.74) is 0.599. The second-order valence-electron chi connectivity index (χ2n) is 4.41. The summed E-state index contributed by atoms with van der Waals surface area (Å²) in [6, 6.07) is 7.01. The lowest BCUT2D eigenvalue weighted by Gasteiger charge is -2.19. The minimum absolute atomic E-state index is 0.288. The normalized spacial score (nSPS) is 10.9. The van der Waals surface area contributed by atoms with E-state index >= 15 is 0 Å². The highest BCUT2D eigenvalue weighted by Crippen LogP contribution is 2.12. The van der Waals surface area contributed by atoms with Crippen molar-refractivity contribution < 1.29 is 9.53 Å². The van der Waals surface area contributed by atoms with Crippen molar-refractivity contribution in [3.05, 3.63) is 36.8 Å². The van der Waals surface area contributed by atoms with Gasteiger partial charge in [0, 0.05) is 5.54 Å². The maximum atomic E-state index is 11.4. The Hall–Kier alpha value is -1.51. The molecule has 0 aromatic heterocycles. The molecule has 81 valence electrons. The molecule has 0 fully saturated rings. The number of rotatable bonds is 1. The molecule has 0 aliphatic heterocycles. The van der Waals surface area contributed by atoms with E-state index < -0.39 is 6.09 Å². The Morgan fingerprint density at radius 2 is 1.80 bits per heavy atom. The van der Waals surface area contributed by atoms with E-state index in [9.17, 15) is 4.79 Å². The zero-order valence-electron chi connectivity index (χ0n) is 9.33. The lowest BCUT2D eigenvalue weighted by atomic mass is 10.1. The van der Waals surface area contributed by atoms with E-state index in [1.807, 2.05) is 20.8 Å². The van der Waals surface area contributed by atoms with Gasteiger partial charge in [0.05, 0.1) is 0 Å². The highest BCUT2D eigenvalue weighted by atomic mass is 16.6. The van der Waals surface area contributed by atoms with Gasteiger partial charge in [0.1, 0.15) is 5.75 Å². The fourth-order valence-corrected chi connectivity index (χ4v) is 0.996. The average Bonchev–Trinajstić information content (AvgIpc) is 2.05. The van der Waals surface area contributed by atoms with E-state index in [0.29, 0.717) is 5.75 Å². The van der Waals surface area contributed by atoms with Gasteiger partial charge in [0.2, 0.25) is 0 Å². The molecule has 1 N–H and O–H groups in total. The Morgan fingerprint density at radius 3 is 2.27 bits per heavy atom. The van der Waals surface area contributed by atoms with E-state index in [1.54, 1.807) is 24.3 Å². The minimum Gasteiger partial charge on any atom is -0.410 e. The molecule has 0 atom stereocenters. The number of nitrogens with one attached hydrogen (secondary N) is 1. The van der Waals surface area contributed by atoms with E-state index in [4.69, 9.17) is 4.74 Å². The fraction of sp³-hybridized carbons (Fsp3) is 0.333. The minimum atomic E-state index is -0.445. The molecule has 0 heterocycles. The number of benzene rings is 1. The van der Waals surface area contributed by atoms with E-state index in [0.717, 1.165) is 5.56 Å². The molecular formula is C12H16NO2. The van der Waals surface area contributed by atoms with Crippen LogP contribution in [-0.2, 0) is 0 Å². The van der Waals surface area contributed by atoms with Crippen molar-refractivity contribution in [1.29, 1.82) is 0 Å². The van der Waals surface area contributed by atoms with Crippen molar-refractivity contribution in [2.75, 3.05) is 0 Å². The predicted octanol–water partition coefficient (Wildman–Crippen LogP) is 2.76. The molecule has 3 heteroatoms. The van der Waals surface area contributed by atoms with Crippen molar-refractivity contribution in [2.24, 2.45) is 0 Å². The third-order valence-corrected chi connectivity index (χ3v) is 1.61. The van der Waals surface area contributed by atoms with Crippen LogP contribution >= 0.6 is 0 Å². The Morgan fingerprint density at radius 1 is 1.27 bits per heavy atom. The second kappa shape index (κ2) is 4.34. The van der Waals surface area contributed by atoms with Crippen LogP contribution in [0.5, 0.6) is 5.75 Å². The molecule has 1 radical (unpaired) electrons. The van der Waals surface area contributed by atoms with Crippen molar-refractivity contribution >= 4 is 6.09 Å². The zero-order valence-corrected chi connectivity index (χ0v) is 9.33. The van der Waals surface area contributed by atoms with Crippen LogP contribution < -0.4 is 10.1 Å². The summed E-state index contributed by atoms with van der Waals surface area (Å²) in [4.78, 5) is 11.4. The summed E-state index contributed by atoms with van der Waals surface area (Å²) in [5.74, 6) is 0.518. The molecule has 0 unspecified atom stereocenters. The van der Waals surface area contributed by atoms with E-state index in [1.165, 1.54) is 0 Å². The van der Waals surface area contributed by atoms with Crippen LogP contribution in [0.2, 0.25) is 0 Å². The zero-order chi connectivity index (χ0) is 11.5. The highest BCUT2D eigenvalue weighted by Gasteiger charge is 2.14. The van der Waals surface area contributed by atoms with Crippen LogP contribution in [0.4, 0.5) is 4.79 Å². The van der Waals surface area contributed by atoms with E-state index in [2.05, 4.69) is 12.2 Å². The van der Waals surface area contributed by atoms with Gasteiger partial charge >= 0.3 is 6.09 Å². The van der Waals surface area contributed by atoms with Crippen molar-refractivity contribution in [3.63, 3.8) is 0 Å². The van der Waals surface area contributed by atoms with Crippen LogP contribution in [0.1, 0.15) is 26.3 Å². The van der Waals surface area contributed by atoms with Gasteiger partial charge in [-0.3, -0.25) is 0 Å². The lowest BCUT2D eigenvalue weighted by Crippen LogP contribution is -2.42. The van der Waals surface area contributed by atoms with Crippen molar-refractivity contribution in [2.45, 2.75) is 26.3 Å². The summed E-state index contributed by atoms with van der Waals surface area (Å²) in [6.07, 6.45) is -0.445. The SMILES string of the molecule is [CH2]c1ccc(OC(=O)NC(C)(C)C)cc1. The molecular weight excluding hydrogens is 190 g/mol. The van der Waals surface area contributed by atoms with Gasteiger partial charge in [-0.2, -0.15) is 0 Å². The molecule has 1 amide bonds. The number of carbonyl (C=O) groups is 1. The molecule has 0 saturated heterocycles. The molecule has 0 aliphatic rings. The quantitative estimate of drug-likeness (QED) is 0.767. The Bertz CT molecular complexity index is 336. The first-order chi connectivity index (χ1) is 6.87. The molecule has 15 heavy (non-hydrogen) atoms. The summed E-state index contributed by atoms with van der Waals surface area (Å²) in [7, 11) is 0. The van der Waals surface area contributed by atoms with Gasteiger partial charge in [-0.25, -0.2) is 4.79 Å². The maximum absolute atomic E-state index is 11.4. The second-order valence-corrected chi connectivity index (χ2v) is 4.41. The lowest BCUT2D eigenvalue weighted by molar-refractivity contribution is 0.190. The Balaban J connectivity index is 2.55. The van der Waals surface area contributed by atoms with Crippen molar-refractivity contribution in [1.82, 2.24) is 5.32 Å². The average molecular weight is 206 g/mol. The summed E-state index contributed by atoms with van der Waals surface area (Å²) in [5, 5.41) is 2.71. The first-order valence-electron chi connectivity index (χ1n) is 4.79. The molecule has 0 bridgehead atoms. The van der Waals surface area contributed by atoms with Gasteiger partial charge in [0.15, 0.2) is 0 Å². The smallest absolute Gasteiger partial charge is 0.410 e. The number of hydrogen-bond acceptors (Lipinski definition) is 2. The third kappa shape index (κ3) is 4.49. The monoisotopic (exact) mass is 206 g/mol. The number of carbonyl (C=O) groups excluding carboxylic acids is 1. The van der Waals surface area contributed by atoms with Gasteiger partial charge in [0.25, 0.3) is 0 Å². The highest BCUT2D eigenvalue weighted by molar-refractivity contribution is 5.71. The number of hydrogen-bond donors (Lipinski definition) is 1. The summed E-state index contributed by atoms with van der Waals surface area (Å²) >= 11 is 0. The van der Waals surface area contributed by atoms with Crippen LogP contribution in [-0.4, -0.2) is 11.6 Å². The van der Waals surface area contributed by atoms with Crippen LogP contribution in [0.15, 0.2) is 24.3 Å². The van der Waals surface area contributed by atoms with E-state index in [-0.39, 0.29) is 5.54 Å². The molecule has 0 spiro atoms. The predicted molar refractivity (Wildman–Crippen MR) is 59.8 cm³/mol. The van der Waals surface area contributed by atoms with Crippen LogP contribution in [0.3, 0.4) is 0 Å². The first-order valence-corrected chi connectivity index (χ1v) is 4.79. The largest absolute Gasteiger partial charge is 0.413 e. The fourth-order valence-electron chi connectivity index (χ4n) is 0.996. The standard InChI is InChI=1S/C12H16NO2/c1-9-5-7-10(8-6-9)15-11(14)13-12(2,3)4/h5-8H,1H2,2-4H3,(H,13,14). The topological polar surface area (TPSA) is 38.3 Å². The third-order valence-electron chi connectivity index (χ3n) is 1.61. The molecule has 3 nitrogen and oxygen atoms in total. The molecule has 0 saturated carbocycles. The number of ether oxygens (including phenoxy) is 1. The number of amides is 1. The Labute approximate surface area is 90.4 Å². The van der Waals surface area contributed by atoms with Gasteiger partial charge in [-0.05, 0) is 45.4 Å². The first kappa shape index (κ1) is 11.6. The van der Waals surface area contributed by atoms with Crippen LogP contribution in [0, 0.1) is 6.92 Å². The van der Waals surface area contributed by atoms with Gasteiger partial charge < -0.3 is 10.1 Å². The summed E-state index contributed by atoms with van der Waals surface area (Å²) in [6.45, 7) is 9.43. The summed E-state index contributed by atoms with van der Waals surface area (Å²) < 4.78 is 5.07. The molecule has 1 aromatic carbocycles.